The summed E-state index contributed by atoms with van der Waals surface area (Å²) >= 11 is 1.48. The van der Waals surface area contributed by atoms with Crippen LogP contribution in [0.2, 0.25) is 0 Å². The molecule has 2 aromatic rings. The van der Waals surface area contributed by atoms with Gasteiger partial charge in [-0.05, 0) is 15.9 Å². The van der Waals surface area contributed by atoms with Crippen LogP contribution < -0.4 is 0 Å². The van der Waals surface area contributed by atoms with Gasteiger partial charge >= 0.3 is 0 Å². The van der Waals surface area contributed by atoms with Gasteiger partial charge in [0.15, 0.2) is 10.7 Å². The minimum atomic E-state index is 0.434. The molecule has 5 nitrogen and oxygen atoms in total. The Morgan fingerprint density at radius 2 is 2.12 bits per heavy atom. The first kappa shape index (κ1) is 10.7. The lowest BCUT2D eigenvalue weighted by atomic mass is 10.2. The van der Waals surface area contributed by atoms with Crippen molar-refractivity contribution in [1.82, 2.24) is 10.3 Å². The molecule has 0 aliphatic rings. The van der Waals surface area contributed by atoms with Crippen molar-refractivity contribution in [2.75, 3.05) is 0 Å². The maximum atomic E-state index is 8.40. The van der Waals surface area contributed by atoms with Crippen LogP contribution in [0.5, 0.6) is 0 Å². The van der Waals surface area contributed by atoms with E-state index in [0.29, 0.717) is 10.7 Å². The highest BCUT2D eigenvalue weighted by atomic mass is 32.2. The highest BCUT2D eigenvalue weighted by Crippen LogP contribution is 2.22. The predicted octanol–water partition coefficient (Wildman–Crippen LogP) is 2.17. The lowest BCUT2D eigenvalue weighted by Gasteiger charge is -1.97. The monoisotopic (exact) mass is 235 g/mol. The molecule has 0 fully saturated rings. The summed E-state index contributed by atoms with van der Waals surface area (Å²) in [4.78, 5) is 0. The molecule has 1 heterocycles. The Morgan fingerprint density at radius 3 is 2.88 bits per heavy atom. The SMILES string of the molecule is O/N=C/c1nonc1SCc1ccccc1. The van der Waals surface area contributed by atoms with Gasteiger partial charge in [0.05, 0.1) is 6.21 Å². The second kappa shape index (κ2) is 5.32. The van der Waals surface area contributed by atoms with E-state index in [0.717, 1.165) is 5.75 Å². The van der Waals surface area contributed by atoms with Gasteiger partial charge in [-0.2, -0.15) is 0 Å². The van der Waals surface area contributed by atoms with Crippen molar-refractivity contribution in [1.29, 1.82) is 0 Å². The number of nitrogens with zero attached hydrogens (tertiary/aromatic N) is 3. The summed E-state index contributed by atoms with van der Waals surface area (Å²) in [7, 11) is 0. The van der Waals surface area contributed by atoms with Gasteiger partial charge in [-0.3, -0.25) is 0 Å². The number of hydrogen-bond acceptors (Lipinski definition) is 6. The van der Waals surface area contributed by atoms with E-state index in [2.05, 4.69) is 20.1 Å². The first-order chi connectivity index (χ1) is 7.90. The first-order valence-corrected chi connectivity index (χ1v) is 5.55. The fraction of sp³-hybridized carbons (Fsp3) is 0.100. The molecule has 0 spiro atoms. The second-order valence-electron chi connectivity index (χ2n) is 2.97. The van der Waals surface area contributed by atoms with Crippen LogP contribution in [0.15, 0.2) is 45.1 Å². The van der Waals surface area contributed by atoms with Gasteiger partial charge in [0, 0.05) is 5.75 Å². The molecule has 6 heteroatoms. The van der Waals surface area contributed by atoms with Crippen LogP contribution in [0, 0.1) is 0 Å². The Morgan fingerprint density at radius 1 is 1.31 bits per heavy atom. The van der Waals surface area contributed by atoms with Gasteiger partial charge < -0.3 is 5.21 Å². The zero-order valence-corrected chi connectivity index (χ0v) is 9.09. The van der Waals surface area contributed by atoms with E-state index >= 15 is 0 Å². The molecular weight excluding hydrogens is 226 g/mol. The van der Waals surface area contributed by atoms with Gasteiger partial charge in [-0.25, -0.2) is 4.63 Å². The third-order valence-electron chi connectivity index (χ3n) is 1.88. The molecule has 2 rings (SSSR count). The van der Waals surface area contributed by atoms with Gasteiger partial charge in [-0.15, -0.1) is 0 Å². The quantitative estimate of drug-likeness (QED) is 0.380. The maximum Gasteiger partial charge on any atom is 0.170 e. The molecule has 1 aromatic carbocycles. The van der Waals surface area contributed by atoms with E-state index in [1.165, 1.54) is 23.5 Å². The van der Waals surface area contributed by atoms with Crippen molar-refractivity contribution in [2.45, 2.75) is 10.8 Å². The van der Waals surface area contributed by atoms with Gasteiger partial charge in [0.25, 0.3) is 0 Å². The molecule has 0 bridgehead atoms. The van der Waals surface area contributed by atoms with Crippen molar-refractivity contribution < 1.29 is 9.84 Å². The second-order valence-corrected chi connectivity index (χ2v) is 3.94. The molecule has 0 amide bonds. The Labute approximate surface area is 96.1 Å². The largest absolute Gasteiger partial charge is 0.411 e. The molecule has 0 saturated carbocycles. The summed E-state index contributed by atoms with van der Waals surface area (Å²) in [6.45, 7) is 0. The third-order valence-corrected chi connectivity index (χ3v) is 2.92. The zero-order valence-electron chi connectivity index (χ0n) is 8.28. The number of benzene rings is 1. The Hall–Kier alpha value is -1.82. The molecule has 1 aromatic heterocycles. The van der Waals surface area contributed by atoms with Crippen LogP contribution in [-0.4, -0.2) is 21.7 Å². The average Bonchev–Trinajstić information content (AvgIpc) is 2.76. The summed E-state index contributed by atoms with van der Waals surface area (Å²) in [5.41, 5.74) is 1.62. The van der Waals surface area contributed by atoms with E-state index in [4.69, 9.17) is 5.21 Å². The average molecular weight is 235 g/mol. The van der Waals surface area contributed by atoms with Crippen LogP contribution in [0.3, 0.4) is 0 Å². The van der Waals surface area contributed by atoms with Gasteiger partial charge in [0.1, 0.15) is 0 Å². The standard InChI is InChI=1S/C10H9N3O2S/c14-11-6-9-10(13-15-12-9)16-7-8-4-2-1-3-5-8/h1-6,14H,7H2/b11-6+. The third kappa shape index (κ3) is 2.60. The number of oxime groups is 1. The molecule has 0 unspecified atom stereocenters. The minimum absolute atomic E-state index is 0.434. The summed E-state index contributed by atoms with van der Waals surface area (Å²) in [6.07, 6.45) is 1.20. The summed E-state index contributed by atoms with van der Waals surface area (Å²) in [5.74, 6) is 0.765. The van der Waals surface area contributed by atoms with Crippen LogP contribution in [-0.2, 0) is 5.75 Å². The fourth-order valence-corrected chi connectivity index (χ4v) is 1.97. The highest BCUT2D eigenvalue weighted by molar-refractivity contribution is 7.98. The molecular formula is C10H9N3O2S. The maximum absolute atomic E-state index is 8.40. The Bertz CT molecular complexity index is 470. The smallest absolute Gasteiger partial charge is 0.170 e. The van der Waals surface area contributed by atoms with Crippen LogP contribution >= 0.6 is 11.8 Å². The van der Waals surface area contributed by atoms with Crippen LogP contribution in [0.1, 0.15) is 11.3 Å². The van der Waals surface area contributed by atoms with Gasteiger partial charge in [-0.1, -0.05) is 47.2 Å². The predicted molar refractivity (Wildman–Crippen MR) is 59.7 cm³/mol. The van der Waals surface area contributed by atoms with E-state index < -0.39 is 0 Å². The van der Waals surface area contributed by atoms with Crippen molar-refractivity contribution in [2.24, 2.45) is 5.16 Å². The molecule has 0 aliphatic heterocycles. The summed E-state index contributed by atoms with van der Waals surface area (Å²) < 4.78 is 4.56. The first-order valence-electron chi connectivity index (χ1n) is 4.57. The summed E-state index contributed by atoms with van der Waals surface area (Å²) in [5, 5.41) is 19.2. The van der Waals surface area contributed by atoms with Crippen LogP contribution in [0.25, 0.3) is 0 Å². The molecule has 16 heavy (non-hydrogen) atoms. The van der Waals surface area contributed by atoms with Crippen molar-refractivity contribution in [3.8, 4) is 0 Å². The number of thioether (sulfide) groups is 1. The lowest BCUT2D eigenvalue weighted by Crippen LogP contribution is -1.86. The lowest BCUT2D eigenvalue weighted by molar-refractivity contribution is 0.297. The normalized spacial score (nSPS) is 11.0. The fourth-order valence-electron chi connectivity index (χ4n) is 1.15. The van der Waals surface area contributed by atoms with Crippen molar-refractivity contribution in [3.63, 3.8) is 0 Å². The van der Waals surface area contributed by atoms with E-state index in [1.807, 2.05) is 30.3 Å². The van der Waals surface area contributed by atoms with Crippen molar-refractivity contribution in [3.05, 3.63) is 41.6 Å². The highest BCUT2D eigenvalue weighted by Gasteiger charge is 2.08. The molecule has 82 valence electrons. The number of aromatic nitrogens is 2. The topological polar surface area (TPSA) is 71.5 Å². The number of rotatable bonds is 4. The minimum Gasteiger partial charge on any atom is -0.411 e. The molecule has 0 radical (unpaired) electrons. The van der Waals surface area contributed by atoms with Gasteiger partial charge in [0.2, 0.25) is 0 Å². The van der Waals surface area contributed by atoms with Crippen LogP contribution in [0.4, 0.5) is 0 Å². The molecule has 0 saturated heterocycles. The Balaban J connectivity index is 2.02. The molecule has 1 N–H and O–H groups in total. The Kier molecular flexibility index (Phi) is 3.55. The van der Waals surface area contributed by atoms with E-state index in [9.17, 15) is 0 Å². The van der Waals surface area contributed by atoms with E-state index in [-0.39, 0.29) is 0 Å². The number of hydrogen-bond donors (Lipinski definition) is 1. The summed E-state index contributed by atoms with van der Waals surface area (Å²) in [6, 6.07) is 9.98. The zero-order chi connectivity index (χ0) is 11.2. The molecule has 0 aliphatic carbocycles. The van der Waals surface area contributed by atoms with E-state index in [1.54, 1.807) is 0 Å². The van der Waals surface area contributed by atoms with Crippen molar-refractivity contribution >= 4 is 18.0 Å². The molecule has 0 atom stereocenters.